The fourth-order valence-electron chi connectivity index (χ4n) is 4.52. The molecule has 3 aromatic carbocycles. The van der Waals surface area contributed by atoms with Gasteiger partial charge < -0.3 is 10.1 Å². The van der Waals surface area contributed by atoms with Crippen LogP contribution in [0.15, 0.2) is 114 Å². The average Bonchev–Trinajstić information content (AvgIpc) is 3.30. The number of rotatable bonds is 5. The largest absolute Gasteiger partial charge is 0.422 e. The fourth-order valence-corrected chi connectivity index (χ4v) is 4.52. The van der Waals surface area contributed by atoms with E-state index in [9.17, 15) is 9.18 Å². The molecule has 0 radical (unpaired) electrons. The number of aliphatic imine (C=N–C) groups is 1. The third-order valence-electron chi connectivity index (χ3n) is 6.23. The topological polar surface area (TPSA) is 53.9 Å². The van der Waals surface area contributed by atoms with E-state index in [-0.39, 0.29) is 23.8 Å². The molecule has 6 heteroatoms. The summed E-state index contributed by atoms with van der Waals surface area (Å²) in [5, 5.41) is 3.52. The number of benzene rings is 3. The molecule has 2 aliphatic rings. The fraction of sp³-hybridized carbons (Fsp3) is 0.172. The molecule has 5 rings (SSSR count). The number of halogens is 1. The second-order valence-corrected chi connectivity index (χ2v) is 8.56. The molecule has 0 bridgehead atoms. The Morgan fingerprint density at radius 3 is 2.37 bits per heavy atom. The van der Waals surface area contributed by atoms with Crippen molar-refractivity contribution < 1.29 is 13.9 Å². The summed E-state index contributed by atoms with van der Waals surface area (Å²) in [7, 11) is 0. The van der Waals surface area contributed by atoms with Gasteiger partial charge in [0.05, 0.1) is 18.6 Å². The summed E-state index contributed by atoms with van der Waals surface area (Å²) in [6, 6.07) is 24.8. The van der Waals surface area contributed by atoms with Crippen molar-refractivity contribution in [3.8, 4) is 5.75 Å². The van der Waals surface area contributed by atoms with Crippen molar-refractivity contribution in [3.63, 3.8) is 0 Å². The first kappa shape index (κ1) is 22.6. The lowest BCUT2D eigenvalue weighted by Gasteiger charge is -2.29. The van der Waals surface area contributed by atoms with Crippen LogP contribution in [0.5, 0.6) is 5.75 Å². The van der Waals surface area contributed by atoms with Crippen LogP contribution in [0.1, 0.15) is 23.6 Å². The Bertz CT molecular complexity index is 1240. The van der Waals surface area contributed by atoms with Crippen molar-refractivity contribution in [2.24, 2.45) is 10.9 Å². The Balaban J connectivity index is 1.53. The van der Waals surface area contributed by atoms with Gasteiger partial charge in [-0.3, -0.25) is 0 Å². The number of para-hydroxylation sites is 1. The third kappa shape index (κ3) is 5.17. The summed E-state index contributed by atoms with van der Waals surface area (Å²) in [4.78, 5) is 20.0. The van der Waals surface area contributed by atoms with Gasteiger partial charge in [-0.05, 0) is 41.8 Å². The number of hydrogen-bond donors (Lipinski definition) is 1. The minimum absolute atomic E-state index is 0.103. The number of hydrogen-bond acceptors (Lipinski definition) is 3. The summed E-state index contributed by atoms with van der Waals surface area (Å²) < 4.78 is 19.1. The van der Waals surface area contributed by atoms with Crippen molar-refractivity contribution in [1.82, 2.24) is 10.2 Å². The van der Waals surface area contributed by atoms with Crippen LogP contribution in [0.3, 0.4) is 0 Å². The Kier molecular flexibility index (Phi) is 6.70. The maximum atomic E-state index is 13.6. The minimum Gasteiger partial charge on any atom is -0.410 e. The first-order chi connectivity index (χ1) is 17.2. The van der Waals surface area contributed by atoms with E-state index in [1.54, 1.807) is 29.2 Å². The van der Waals surface area contributed by atoms with Gasteiger partial charge in [0.1, 0.15) is 11.6 Å². The summed E-state index contributed by atoms with van der Waals surface area (Å²) in [5.74, 6) is 0.772. The highest BCUT2D eigenvalue weighted by Crippen LogP contribution is 2.37. The second-order valence-electron chi connectivity index (χ2n) is 8.56. The van der Waals surface area contributed by atoms with Crippen molar-refractivity contribution in [2.45, 2.75) is 25.0 Å². The van der Waals surface area contributed by atoms with Crippen LogP contribution in [-0.4, -0.2) is 23.0 Å². The Morgan fingerprint density at radius 1 is 0.971 bits per heavy atom. The molecule has 1 fully saturated rings. The smallest absolute Gasteiger partial charge is 0.410 e. The molecule has 1 heterocycles. The molecule has 1 saturated heterocycles. The molecule has 1 N–H and O–H groups in total. The maximum absolute atomic E-state index is 13.6. The molecule has 1 aliphatic heterocycles. The zero-order valence-electron chi connectivity index (χ0n) is 19.1. The lowest BCUT2D eigenvalue weighted by atomic mass is 9.85. The third-order valence-corrected chi connectivity index (χ3v) is 6.23. The number of amides is 1. The highest BCUT2D eigenvalue weighted by molar-refractivity contribution is 5.97. The molecule has 0 aromatic heterocycles. The molecule has 1 unspecified atom stereocenters. The zero-order chi connectivity index (χ0) is 24.0. The molecule has 5 nitrogen and oxygen atoms in total. The van der Waals surface area contributed by atoms with E-state index in [1.165, 1.54) is 12.1 Å². The molecule has 0 saturated carbocycles. The summed E-state index contributed by atoms with van der Waals surface area (Å²) >= 11 is 0. The van der Waals surface area contributed by atoms with Crippen LogP contribution in [-0.2, 0) is 6.54 Å². The van der Waals surface area contributed by atoms with E-state index < -0.39 is 6.09 Å². The van der Waals surface area contributed by atoms with Crippen LogP contribution in [0.4, 0.5) is 9.18 Å². The number of carbonyl (C=O) groups is 1. The van der Waals surface area contributed by atoms with E-state index in [0.717, 1.165) is 17.5 Å². The molecular formula is C29H26FN3O2. The Hall–Kier alpha value is -4.19. The molecule has 35 heavy (non-hydrogen) atoms. The second kappa shape index (κ2) is 10.4. The van der Waals surface area contributed by atoms with Gasteiger partial charge in [0.15, 0.2) is 0 Å². The maximum Gasteiger partial charge on any atom is 0.422 e. The molecule has 3 aromatic rings. The lowest BCUT2D eigenvalue weighted by Crippen LogP contribution is -2.39. The number of nitrogens with one attached hydrogen (secondary N) is 1. The predicted octanol–water partition coefficient (Wildman–Crippen LogP) is 6.03. The molecule has 3 atom stereocenters. The van der Waals surface area contributed by atoms with E-state index in [1.807, 2.05) is 60.7 Å². The summed E-state index contributed by atoms with van der Waals surface area (Å²) in [6.07, 6.45) is 8.72. The van der Waals surface area contributed by atoms with E-state index >= 15 is 0 Å². The standard InChI is InChI=1S/C29H26FN3O2/c30-24-18-16-21(17-19-24)20-31-28-32-26(22-10-4-1-5-11-22)27(23-12-6-2-7-13-23)33(28)29(34)35-25-14-8-3-9-15-25/h1-10,12-19,22,26-27H,11,20H2,(H,31,32)/t22?,26-,27+/m0/s1. The van der Waals surface area contributed by atoms with Gasteiger partial charge in [-0.1, -0.05) is 85.0 Å². The first-order valence-corrected chi connectivity index (χ1v) is 11.7. The van der Waals surface area contributed by atoms with Crippen LogP contribution in [0.25, 0.3) is 0 Å². The highest BCUT2D eigenvalue weighted by Gasteiger charge is 2.46. The molecule has 0 spiro atoms. The highest BCUT2D eigenvalue weighted by atomic mass is 19.1. The normalized spacial score (nSPS) is 22.3. The van der Waals surface area contributed by atoms with Crippen LogP contribution < -0.4 is 10.1 Å². The van der Waals surface area contributed by atoms with Gasteiger partial charge in [-0.25, -0.2) is 19.1 Å². The van der Waals surface area contributed by atoms with Crippen molar-refractivity contribution in [2.75, 3.05) is 0 Å². The van der Waals surface area contributed by atoms with Crippen LogP contribution >= 0.6 is 0 Å². The van der Waals surface area contributed by atoms with Crippen molar-refractivity contribution in [3.05, 3.63) is 126 Å². The number of guanidine groups is 1. The van der Waals surface area contributed by atoms with E-state index in [4.69, 9.17) is 9.73 Å². The van der Waals surface area contributed by atoms with Crippen molar-refractivity contribution in [1.29, 1.82) is 0 Å². The lowest BCUT2D eigenvalue weighted by molar-refractivity contribution is 0.162. The number of ether oxygens (including phenoxy) is 1. The van der Waals surface area contributed by atoms with Gasteiger partial charge in [0.25, 0.3) is 0 Å². The molecule has 176 valence electrons. The van der Waals surface area contributed by atoms with Crippen LogP contribution in [0.2, 0.25) is 0 Å². The first-order valence-electron chi connectivity index (χ1n) is 11.7. The summed E-state index contributed by atoms with van der Waals surface area (Å²) in [5.41, 5.74) is 1.84. The SMILES string of the molecule is O=C(Oc1ccccc1)N1C(=NCc2ccc(F)cc2)N[C@@H](C2C=CC=CC2)[C@H]1c1ccccc1. The predicted molar refractivity (Wildman–Crippen MR) is 134 cm³/mol. The average molecular weight is 468 g/mol. The Labute approximate surface area is 204 Å². The monoisotopic (exact) mass is 467 g/mol. The van der Waals surface area contributed by atoms with Gasteiger partial charge in [-0.2, -0.15) is 0 Å². The minimum atomic E-state index is -0.506. The molecule has 1 amide bonds. The van der Waals surface area contributed by atoms with E-state index in [0.29, 0.717) is 18.3 Å². The van der Waals surface area contributed by atoms with E-state index in [2.05, 4.69) is 17.5 Å². The summed E-state index contributed by atoms with van der Waals surface area (Å²) in [6.45, 7) is 0.298. The number of allylic oxidation sites excluding steroid dienone is 3. The number of carbonyl (C=O) groups excluding carboxylic acids is 1. The van der Waals surface area contributed by atoms with Gasteiger partial charge >= 0.3 is 6.09 Å². The van der Waals surface area contributed by atoms with Gasteiger partial charge in [-0.15, -0.1) is 0 Å². The van der Waals surface area contributed by atoms with Crippen molar-refractivity contribution >= 4 is 12.1 Å². The molecule has 1 aliphatic carbocycles. The molecular weight excluding hydrogens is 441 g/mol. The van der Waals surface area contributed by atoms with Crippen LogP contribution in [0, 0.1) is 11.7 Å². The Morgan fingerprint density at radius 2 is 1.69 bits per heavy atom. The quantitative estimate of drug-likeness (QED) is 0.499. The van der Waals surface area contributed by atoms with Gasteiger partial charge in [0, 0.05) is 5.92 Å². The number of nitrogens with zero attached hydrogens (tertiary/aromatic N) is 2. The van der Waals surface area contributed by atoms with Gasteiger partial charge in [0.2, 0.25) is 5.96 Å². The zero-order valence-corrected chi connectivity index (χ0v) is 19.1.